The fourth-order valence-electron chi connectivity index (χ4n) is 14.6. The van der Waals surface area contributed by atoms with Gasteiger partial charge in [0.1, 0.15) is 41.9 Å². The molecule has 11 rings (SSSR count). The van der Waals surface area contributed by atoms with E-state index in [4.69, 9.17) is 4.42 Å². The molecule has 5 N–H and O–H groups in total. The first-order valence-corrected chi connectivity index (χ1v) is 42.5. The van der Waals surface area contributed by atoms with Gasteiger partial charge in [0.25, 0.3) is 5.91 Å². The summed E-state index contributed by atoms with van der Waals surface area (Å²) in [6.07, 6.45) is 1.56. The molecule has 0 saturated carbocycles. The van der Waals surface area contributed by atoms with Crippen molar-refractivity contribution in [1.29, 1.82) is 0 Å². The van der Waals surface area contributed by atoms with E-state index in [-0.39, 0.29) is 107 Å². The first-order valence-electron chi connectivity index (χ1n) is 39.6. The zero-order chi connectivity index (χ0) is 82.8. The van der Waals surface area contributed by atoms with Crippen LogP contribution in [0, 0.1) is 5.92 Å². The van der Waals surface area contributed by atoms with E-state index in [1.807, 2.05) is 30.3 Å². The zero-order valence-electron chi connectivity index (χ0n) is 66.6. The van der Waals surface area contributed by atoms with Gasteiger partial charge in [-0.1, -0.05) is 129 Å². The fraction of sp³-hybridized carbons (Fsp3) is 0.348. The van der Waals surface area contributed by atoms with Crippen LogP contribution in [0.25, 0.3) is 33.4 Å². The molecule has 0 bridgehead atoms. The largest absolute Gasteiger partial charge is 0.508 e. The lowest BCUT2D eigenvalue weighted by Crippen LogP contribution is -2.50. The molecule has 0 radical (unpaired) electrons. The van der Waals surface area contributed by atoms with Crippen molar-refractivity contribution >= 4 is 77.6 Å². The molecule has 1 aliphatic carbocycles. The molecule has 3 aliphatic rings. The summed E-state index contributed by atoms with van der Waals surface area (Å²) in [6, 6.07) is 50.1. The molecule has 2 aliphatic heterocycles. The second-order valence-corrected chi connectivity index (χ2v) is 33.4. The maximum Gasteiger partial charge on any atom is 0.254 e. The summed E-state index contributed by atoms with van der Waals surface area (Å²) in [5.41, 5.74) is 7.60. The van der Waals surface area contributed by atoms with Crippen LogP contribution < -0.4 is 30.8 Å². The molecule has 1 saturated heterocycles. The maximum atomic E-state index is 14.7. The molecule has 3 atom stereocenters. The predicted molar refractivity (Wildman–Crippen MR) is 444 cm³/mol. The summed E-state index contributed by atoms with van der Waals surface area (Å²) < 4.78 is 68.6. The van der Waals surface area contributed by atoms with Crippen molar-refractivity contribution in [1.82, 2.24) is 49.6 Å². The molecule has 1 unspecified atom stereocenters. The number of rotatable bonds is 37. The molecule has 608 valence electrons. The number of ketones is 2. The van der Waals surface area contributed by atoms with E-state index in [2.05, 4.69) is 99.8 Å². The van der Waals surface area contributed by atoms with Gasteiger partial charge in [-0.15, -0.1) is 5.10 Å². The number of carbonyl (C=O) groups excluding carboxylic acids is 7. The van der Waals surface area contributed by atoms with Crippen molar-refractivity contribution in [2.45, 2.75) is 139 Å². The summed E-state index contributed by atoms with van der Waals surface area (Å²) in [4.78, 5) is 99.9. The summed E-state index contributed by atoms with van der Waals surface area (Å²) in [5.74, 6) is -1.65. The number of aliphatic hydroxyl groups excluding tert-OH is 1. The highest BCUT2D eigenvalue weighted by atomic mass is 32.2. The Morgan fingerprint density at radius 1 is 0.612 bits per heavy atom. The van der Waals surface area contributed by atoms with E-state index >= 15 is 0 Å². The third-order valence-corrected chi connectivity index (χ3v) is 24.7. The van der Waals surface area contributed by atoms with Crippen LogP contribution >= 0.6 is 0 Å². The number of phenolic OH excluding ortho intramolecular Hbond substituents is 1. The van der Waals surface area contributed by atoms with Crippen molar-refractivity contribution in [2.75, 3.05) is 76.9 Å². The zero-order valence-corrected chi connectivity index (χ0v) is 68.2. The van der Waals surface area contributed by atoms with E-state index < -0.39 is 56.4 Å². The minimum absolute atomic E-state index is 0.0123. The number of nitrogens with one attached hydrogen (secondary N) is 3. The third-order valence-electron chi connectivity index (χ3n) is 21.1. The van der Waals surface area contributed by atoms with Crippen LogP contribution in [0.15, 0.2) is 213 Å². The van der Waals surface area contributed by atoms with Crippen LogP contribution in [-0.4, -0.2) is 181 Å². The van der Waals surface area contributed by atoms with Gasteiger partial charge < -0.3 is 45.3 Å². The number of amides is 5. The number of aromatic hydroxyl groups is 1. The highest BCUT2D eigenvalue weighted by molar-refractivity contribution is 7.91. The van der Waals surface area contributed by atoms with E-state index in [0.29, 0.717) is 96.7 Å². The van der Waals surface area contributed by atoms with Gasteiger partial charge in [-0.25, -0.2) is 26.1 Å². The Morgan fingerprint density at radius 3 is 1.96 bits per heavy atom. The number of sulfonamides is 1. The molecule has 116 heavy (non-hydrogen) atoms. The molecular formula is C89H102N11O14S2+. The van der Waals surface area contributed by atoms with Crippen molar-refractivity contribution in [3.63, 3.8) is 0 Å². The lowest BCUT2D eigenvalue weighted by Gasteiger charge is -2.35. The van der Waals surface area contributed by atoms with Gasteiger partial charge in [-0.3, -0.25) is 33.6 Å². The molecule has 1 aromatic heterocycles. The molecule has 8 aromatic rings. The number of nitrogens with zero attached hydrogens (tertiary/aromatic N) is 8. The number of unbranched alkanes of at least 4 members (excludes halogenated alkanes) is 2. The van der Waals surface area contributed by atoms with Gasteiger partial charge in [0.2, 0.25) is 48.8 Å². The average Bonchev–Trinajstić information content (AvgIpc) is 1.13. The number of piperazine rings is 1. The Bertz CT molecular complexity index is 5430. The molecule has 25 nitrogen and oxygen atoms in total. The van der Waals surface area contributed by atoms with Gasteiger partial charge >= 0.3 is 0 Å². The molecule has 3 heterocycles. The first-order chi connectivity index (χ1) is 55.8. The van der Waals surface area contributed by atoms with Crippen LogP contribution in [0.2, 0.25) is 0 Å². The minimum atomic E-state index is -4.52. The topological polar surface area (TPSA) is 324 Å². The highest BCUT2D eigenvalue weighted by Gasteiger charge is 2.35. The van der Waals surface area contributed by atoms with Gasteiger partial charge in [-0.2, -0.15) is 4.31 Å². The average molecular weight is 1610 g/mol. The number of hydrogen-bond acceptors (Lipinski definition) is 17. The fourth-order valence-corrected chi connectivity index (χ4v) is 17.6. The molecule has 0 spiro atoms. The second kappa shape index (κ2) is 39.2. The van der Waals surface area contributed by atoms with Crippen LogP contribution in [0.5, 0.6) is 5.75 Å². The van der Waals surface area contributed by atoms with Crippen molar-refractivity contribution in [3.8, 4) is 28.2 Å². The number of anilines is 1. The van der Waals surface area contributed by atoms with E-state index in [1.54, 1.807) is 84.3 Å². The molecule has 5 amide bonds. The third kappa shape index (κ3) is 21.1. The highest BCUT2D eigenvalue weighted by Crippen LogP contribution is 2.43. The summed E-state index contributed by atoms with van der Waals surface area (Å²) in [5, 5.41) is 41.7. The van der Waals surface area contributed by atoms with E-state index in [9.17, 15) is 60.6 Å². The predicted octanol–water partition coefficient (Wildman–Crippen LogP) is 10.7. The number of fused-ring (bicyclic) bond motifs is 2. The molecular weight excluding hydrogens is 1510 g/mol. The summed E-state index contributed by atoms with van der Waals surface area (Å²) in [7, 11) is -8.78. The van der Waals surface area contributed by atoms with Gasteiger partial charge in [0.15, 0.2) is 11.6 Å². The Hall–Kier alpha value is -11.5. The van der Waals surface area contributed by atoms with Crippen LogP contribution in [-0.2, 0) is 58.4 Å². The van der Waals surface area contributed by atoms with E-state index in [0.717, 1.165) is 69.7 Å². The Labute approximate surface area is 677 Å². The van der Waals surface area contributed by atoms with Crippen LogP contribution in [0.3, 0.4) is 0 Å². The van der Waals surface area contributed by atoms with Crippen LogP contribution in [0.1, 0.15) is 146 Å². The number of benzene rings is 8. The Balaban J connectivity index is 0.686. The van der Waals surface area contributed by atoms with Gasteiger partial charge in [0.05, 0.1) is 45.6 Å². The molecule has 1 fully saturated rings. The summed E-state index contributed by atoms with van der Waals surface area (Å²) >= 11 is 0. The first kappa shape index (κ1) is 85.4. The smallest absolute Gasteiger partial charge is 0.254 e. The van der Waals surface area contributed by atoms with Crippen molar-refractivity contribution in [3.05, 3.63) is 239 Å². The maximum absolute atomic E-state index is 14.7. The molecule has 7 aromatic carbocycles. The lowest BCUT2D eigenvalue weighted by atomic mass is 9.90. The number of aliphatic hydroxyl groups is 1. The minimum Gasteiger partial charge on any atom is -0.508 e. The number of sulfone groups is 1. The van der Waals surface area contributed by atoms with Gasteiger partial charge in [-0.05, 0) is 143 Å². The normalized spacial score (nSPS) is 13.3. The number of aromatic nitrogens is 3. The van der Waals surface area contributed by atoms with Crippen LogP contribution in [0.4, 0.5) is 5.69 Å². The number of carbonyl (C=O) groups is 7. The van der Waals surface area contributed by atoms with E-state index in [1.165, 1.54) is 72.4 Å². The number of Topliss-reactive ketones (excluding diaryl/α,β-unsaturated/α-hetero) is 1. The van der Waals surface area contributed by atoms with Crippen molar-refractivity contribution < 1.29 is 65.0 Å². The number of phenols is 1. The number of hydrogen-bond donors (Lipinski definition) is 5. The Kier molecular flexibility index (Phi) is 28.9. The SMILES string of the molecule is CCN(CC)c1ccc2c(-c3ccccc3C(=O)N3CCN(C(=O)CCC(=O)NCCCCCC(=O)N[C@@H](Cc4ccc(C(=O)c5ccccc5)cc4)C(=O)NCc4cn([C@@H](Cc5ccc(O)cc5)C(O)CN(CC(C)C)S(=O)(=O)c5cccc(S(=O)(=O)c6ccc(C(C)=O)cc6)c5)nn4)CC3)c3ccc(=[N+](CC)CC)cc-3oc2c1. The van der Waals surface area contributed by atoms with Gasteiger partial charge in [0, 0.05) is 141 Å². The monoisotopic (exact) mass is 1610 g/mol. The Morgan fingerprint density at radius 2 is 1.27 bits per heavy atom. The second-order valence-electron chi connectivity index (χ2n) is 29.5. The summed E-state index contributed by atoms with van der Waals surface area (Å²) in [6.45, 7) is 17.5. The molecule has 27 heteroatoms. The lowest BCUT2D eigenvalue weighted by molar-refractivity contribution is -0.134. The quantitative estimate of drug-likeness (QED) is 0.0105. The van der Waals surface area contributed by atoms with Crippen molar-refractivity contribution in [2.24, 2.45) is 5.92 Å². The standard InChI is InChI=1S/C89H101N11O14S2/c1-8-95(9-2)68-36-42-76-81(53-68)114-82-54-69(96(10-3)11-4)37-43-77(82)86(76)74-25-17-18-26-75(74)89(109)98-49-47-97(48-50-98)85(106)45-44-83(104)90-46-19-13-16-27-84(105)92-78(51-62-28-32-66(33-29-62)87(107)65-21-14-12-15-22-65)88(108)91-56-67-58-100(94-93-67)79(52-63-30-38-70(102)39-31-63)80(103)59-99(57-60(5)6)116(112,113)73-24-20-23-72(55-73)115(110,111)71-40-34-64(35-41-71)61(7)101/h12,14-15,17-18,20-26,28-43,53-55,58,60,78-80,103H,8-11,13,16,19,27,44-52,56-57,59H2,1-7H3,(H3-,90,91,92,102,104,105,108)/p+1/t78-,79-,80?/m0/s1.